The third-order valence-electron chi connectivity index (χ3n) is 5.89. The summed E-state index contributed by atoms with van der Waals surface area (Å²) in [6.07, 6.45) is 0. The molecule has 31 heavy (non-hydrogen) atoms. The first-order valence-corrected chi connectivity index (χ1v) is 11.8. The summed E-state index contributed by atoms with van der Waals surface area (Å²) in [6.45, 7) is 0.580. The molecule has 2 fully saturated rings. The summed E-state index contributed by atoms with van der Waals surface area (Å²) < 4.78 is 40.9. The van der Waals surface area contributed by atoms with Crippen LogP contribution >= 0.6 is 0 Å². The summed E-state index contributed by atoms with van der Waals surface area (Å²) in [6, 6.07) is 12.0. The molecule has 2 aromatic carbocycles. The number of piperazine rings is 1. The molecule has 9 heteroatoms. The number of rotatable bonds is 6. The highest BCUT2D eigenvalue weighted by molar-refractivity contribution is 7.91. The molecule has 2 aromatic rings. The number of fused-ring (bicyclic) bond motifs is 1. The van der Waals surface area contributed by atoms with Crippen molar-refractivity contribution in [1.29, 1.82) is 0 Å². The van der Waals surface area contributed by atoms with Crippen molar-refractivity contribution in [2.45, 2.75) is 18.6 Å². The number of amides is 1. The van der Waals surface area contributed by atoms with Gasteiger partial charge in [-0.15, -0.1) is 0 Å². The number of benzene rings is 2. The minimum absolute atomic E-state index is 0.0326. The average molecular weight is 447 g/mol. The van der Waals surface area contributed by atoms with E-state index < -0.39 is 15.9 Å². The number of methoxy groups -OCH3 is 3. The SMILES string of the molecule is COc1ccc(N2C(=O)CN(Cc3ccc(OC)c(OC)c3)[C@H]3CS(=O)(=O)C[C@@H]32)cc1. The molecular weight excluding hydrogens is 420 g/mol. The summed E-state index contributed by atoms with van der Waals surface area (Å²) in [5.41, 5.74) is 1.61. The minimum Gasteiger partial charge on any atom is -0.497 e. The Kier molecular flexibility index (Phi) is 5.81. The topological polar surface area (TPSA) is 85.4 Å². The van der Waals surface area contributed by atoms with Crippen LogP contribution in [0.3, 0.4) is 0 Å². The zero-order chi connectivity index (χ0) is 22.2. The van der Waals surface area contributed by atoms with Gasteiger partial charge in [-0.1, -0.05) is 6.07 Å². The molecule has 166 valence electrons. The molecular formula is C22H26N2O6S. The van der Waals surface area contributed by atoms with Crippen molar-refractivity contribution >= 4 is 21.4 Å². The first-order valence-electron chi connectivity index (χ1n) is 9.96. The van der Waals surface area contributed by atoms with Crippen LogP contribution in [0.15, 0.2) is 42.5 Å². The lowest BCUT2D eigenvalue weighted by Crippen LogP contribution is -2.61. The molecule has 0 aromatic heterocycles. The minimum atomic E-state index is -3.26. The van der Waals surface area contributed by atoms with Crippen LogP contribution in [0.5, 0.6) is 17.2 Å². The van der Waals surface area contributed by atoms with Crippen LogP contribution in [0, 0.1) is 0 Å². The van der Waals surface area contributed by atoms with Gasteiger partial charge >= 0.3 is 0 Å². The first kappa shape index (κ1) is 21.5. The number of hydrogen-bond acceptors (Lipinski definition) is 7. The van der Waals surface area contributed by atoms with Crippen LogP contribution in [0.25, 0.3) is 0 Å². The Balaban J connectivity index is 1.63. The first-order chi connectivity index (χ1) is 14.8. The van der Waals surface area contributed by atoms with E-state index in [-0.39, 0.29) is 30.0 Å². The van der Waals surface area contributed by atoms with E-state index in [1.54, 1.807) is 50.5 Å². The molecule has 4 rings (SSSR count). The van der Waals surface area contributed by atoms with Gasteiger partial charge in [0.25, 0.3) is 0 Å². The number of hydrogen-bond donors (Lipinski definition) is 0. The number of carbonyl (C=O) groups excluding carboxylic acids is 1. The van der Waals surface area contributed by atoms with Crippen LogP contribution in [0.4, 0.5) is 5.69 Å². The van der Waals surface area contributed by atoms with Gasteiger partial charge in [-0.3, -0.25) is 9.69 Å². The van der Waals surface area contributed by atoms with E-state index in [1.165, 1.54) is 0 Å². The zero-order valence-corrected chi connectivity index (χ0v) is 18.6. The van der Waals surface area contributed by atoms with Crippen molar-refractivity contribution in [2.24, 2.45) is 0 Å². The molecule has 2 saturated heterocycles. The van der Waals surface area contributed by atoms with Gasteiger partial charge in [-0.05, 0) is 42.0 Å². The maximum Gasteiger partial charge on any atom is 0.241 e. The number of ether oxygens (including phenoxy) is 3. The fourth-order valence-electron chi connectivity index (χ4n) is 4.42. The van der Waals surface area contributed by atoms with Gasteiger partial charge < -0.3 is 19.1 Å². The Bertz CT molecular complexity index is 1070. The molecule has 1 amide bonds. The Hall–Kier alpha value is -2.78. The molecule has 0 bridgehead atoms. The van der Waals surface area contributed by atoms with Crippen molar-refractivity contribution in [3.05, 3.63) is 48.0 Å². The number of nitrogens with zero attached hydrogens (tertiary/aromatic N) is 2. The van der Waals surface area contributed by atoms with Gasteiger partial charge in [-0.25, -0.2) is 8.42 Å². The molecule has 2 aliphatic heterocycles. The summed E-state index contributed by atoms with van der Waals surface area (Å²) >= 11 is 0. The van der Waals surface area contributed by atoms with Crippen molar-refractivity contribution in [2.75, 3.05) is 44.3 Å². The van der Waals surface area contributed by atoms with Gasteiger partial charge in [0.15, 0.2) is 21.3 Å². The van der Waals surface area contributed by atoms with E-state index in [9.17, 15) is 13.2 Å². The molecule has 0 spiro atoms. The maximum absolute atomic E-state index is 13.1. The quantitative estimate of drug-likeness (QED) is 0.668. The van der Waals surface area contributed by atoms with Crippen molar-refractivity contribution in [3.63, 3.8) is 0 Å². The Morgan fingerprint density at radius 3 is 2.23 bits per heavy atom. The maximum atomic E-state index is 13.1. The zero-order valence-electron chi connectivity index (χ0n) is 17.8. The fraction of sp³-hybridized carbons (Fsp3) is 0.409. The van der Waals surface area contributed by atoms with Crippen LogP contribution in [-0.2, 0) is 21.2 Å². The number of sulfone groups is 1. The number of carbonyl (C=O) groups is 1. The predicted octanol–water partition coefficient (Wildman–Crippen LogP) is 1.73. The Morgan fingerprint density at radius 1 is 0.903 bits per heavy atom. The number of anilines is 1. The van der Waals surface area contributed by atoms with E-state index >= 15 is 0 Å². The van der Waals surface area contributed by atoms with E-state index in [1.807, 2.05) is 23.1 Å². The molecule has 0 N–H and O–H groups in total. The van der Waals surface area contributed by atoms with Gasteiger partial charge in [0, 0.05) is 18.3 Å². The second-order valence-corrected chi connectivity index (χ2v) is 9.92. The second-order valence-electron chi connectivity index (χ2n) is 7.77. The molecule has 8 nitrogen and oxygen atoms in total. The van der Waals surface area contributed by atoms with Crippen LogP contribution in [-0.4, -0.2) is 70.7 Å². The highest BCUT2D eigenvalue weighted by Gasteiger charge is 2.49. The van der Waals surface area contributed by atoms with E-state index in [4.69, 9.17) is 14.2 Å². The lowest BCUT2D eigenvalue weighted by Gasteiger charge is -2.43. The average Bonchev–Trinajstić information content (AvgIpc) is 3.09. The monoisotopic (exact) mass is 446 g/mol. The lowest BCUT2D eigenvalue weighted by molar-refractivity contribution is -0.123. The summed E-state index contributed by atoms with van der Waals surface area (Å²) in [7, 11) is 1.46. The normalized spacial score (nSPS) is 22.8. The Labute approximate surface area is 182 Å². The van der Waals surface area contributed by atoms with E-state index in [0.29, 0.717) is 29.5 Å². The molecule has 0 saturated carbocycles. The molecule has 0 aliphatic carbocycles. The molecule has 2 aliphatic rings. The second kappa shape index (κ2) is 8.39. The van der Waals surface area contributed by atoms with Gasteiger partial charge in [0.05, 0.1) is 45.4 Å². The summed E-state index contributed by atoms with van der Waals surface area (Å²) in [5.74, 6) is 1.76. The third-order valence-corrected chi connectivity index (χ3v) is 7.58. The van der Waals surface area contributed by atoms with Gasteiger partial charge in [-0.2, -0.15) is 0 Å². The largest absolute Gasteiger partial charge is 0.497 e. The van der Waals surface area contributed by atoms with Crippen LogP contribution in [0.1, 0.15) is 5.56 Å². The van der Waals surface area contributed by atoms with Crippen LogP contribution in [0.2, 0.25) is 0 Å². The van der Waals surface area contributed by atoms with Crippen LogP contribution < -0.4 is 19.1 Å². The lowest BCUT2D eigenvalue weighted by atomic mass is 10.0. The van der Waals surface area contributed by atoms with Crippen molar-refractivity contribution < 1.29 is 27.4 Å². The van der Waals surface area contributed by atoms with E-state index in [0.717, 1.165) is 5.56 Å². The predicted molar refractivity (Wildman–Crippen MR) is 117 cm³/mol. The Morgan fingerprint density at radius 2 is 1.58 bits per heavy atom. The van der Waals surface area contributed by atoms with Crippen molar-refractivity contribution in [1.82, 2.24) is 4.90 Å². The fourth-order valence-corrected chi connectivity index (χ4v) is 6.40. The highest BCUT2D eigenvalue weighted by Crippen LogP contribution is 2.34. The van der Waals surface area contributed by atoms with Gasteiger partial charge in [0.2, 0.25) is 5.91 Å². The highest BCUT2D eigenvalue weighted by atomic mass is 32.2. The van der Waals surface area contributed by atoms with Crippen molar-refractivity contribution in [3.8, 4) is 17.2 Å². The standard InChI is InChI=1S/C22H26N2O6S/c1-28-17-7-5-16(6-8-17)24-19-14-31(26,27)13-18(19)23(12-22(24)25)11-15-4-9-20(29-2)21(10-15)30-3/h4-10,18-19H,11-14H2,1-3H3/t18-,19-/m0/s1. The molecule has 0 unspecified atom stereocenters. The smallest absolute Gasteiger partial charge is 0.241 e. The summed E-state index contributed by atoms with van der Waals surface area (Å²) in [5, 5.41) is 0. The third kappa shape index (κ3) is 4.20. The molecule has 0 radical (unpaired) electrons. The summed E-state index contributed by atoms with van der Waals surface area (Å²) in [4.78, 5) is 16.7. The molecule has 2 heterocycles. The van der Waals surface area contributed by atoms with Gasteiger partial charge in [0.1, 0.15) is 5.75 Å². The van der Waals surface area contributed by atoms with E-state index in [2.05, 4.69) is 0 Å². The molecule has 2 atom stereocenters.